The summed E-state index contributed by atoms with van der Waals surface area (Å²) in [4.78, 5) is 11.0. The first-order valence-corrected chi connectivity index (χ1v) is 6.98. The quantitative estimate of drug-likeness (QED) is 0.855. The molecule has 0 unspecified atom stereocenters. The van der Waals surface area contributed by atoms with Crippen LogP contribution in [0.1, 0.15) is 12.5 Å². The van der Waals surface area contributed by atoms with Crippen molar-refractivity contribution in [2.45, 2.75) is 19.4 Å². The van der Waals surface area contributed by atoms with Gasteiger partial charge in [-0.25, -0.2) is 4.39 Å². The first kappa shape index (κ1) is 15.8. The van der Waals surface area contributed by atoms with Gasteiger partial charge >= 0.3 is 0 Å². The molecule has 22 heavy (non-hydrogen) atoms. The van der Waals surface area contributed by atoms with Crippen LogP contribution >= 0.6 is 0 Å². The second-order valence-corrected chi connectivity index (χ2v) is 4.86. The summed E-state index contributed by atoms with van der Waals surface area (Å²) < 4.78 is 23.8. The number of amides is 1. The van der Waals surface area contributed by atoms with Gasteiger partial charge in [-0.2, -0.15) is 0 Å². The van der Waals surface area contributed by atoms with Gasteiger partial charge in [0.25, 0.3) is 5.91 Å². The second-order valence-electron chi connectivity index (χ2n) is 4.86. The first-order chi connectivity index (χ1) is 10.5. The van der Waals surface area contributed by atoms with Gasteiger partial charge in [-0.3, -0.25) is 4.79 Å². The van der Waals surface area contributed by atoms with Crippen LogP contribution in [0.5, 0.6) is 11.5 Å². The Morgan fingerprint density at radius 2 is 1.91 bits per heavy atom. The largest absolute Gasteiger partial charge is 0.493 e. The van der Waals surface area contributed by atoms with Crippen LogP contribution in [0.25, 0.3) is 0 Å². The zero-order valence-corrected chi connectivity index (χ0v) is 12.3. The Balaban J connectivity index is 1.87. The summed E-state index contributed by atoms with van der Waals surface area (Å²) in [5.74, 6) is 0.410. The van der Waals surface area contributed by atoms with E-state index >= 15 is 0 Å². The predicted octanol–water partition coefficient (Wildman–Crippen LogP) is 2.70. The van der Waals surface area contributed by atoms with Crippen molar-refractivity contribution in [3.63, 3.8) is 0 Å². The number of rotatable bonds is 7. The van der Waals surface area contributed by atoms with Gasteiger partial charge in [0, 0.05) is 6.42 Å². The molecule has 0 bridgehead atoms. The summed E-state index contributed by atoms with van der Waals surface area (Å²) >= 11 is 0. The highest BCUT2D eigenvalue weighted by molar-refractivity contribution is 5.78. The van der Waals surface area contributed by atoms with Crippen molar-refractivity contribution in [1.29, 1.82) is 0 Å². The smallest absolute Gasteiger partial charge is 0.258 e. The minimum absolute atomic E-state index is 0.291. The Labute approximate surface area is 128 Å². The van der Waals surface area contributed by atoms with E-state index in [0.717, 1.165) is 5.56 Å². The van der Waals surface area contributed by atoms with Crippen LogP contribution in [0, 0.1) is 5.82 Å². The van der Waals surface area contributed by atoms with Crippen LogP contribution in [-0.2, 0) is 11.2 Å². The van der Waals surface area contributed by atoms with E-state index in [0.29, 0.717) is 24.5 Å². The molecule has 0 saturated heterocycles. The summed E-state index contributed by atoms with van der Waals surface area (Å²) in [6.07, 6.45) is -0.00906. The standard InChI is InChI=1S/C17H18FNO3/c1-12(17(19)20)22-16-4-2-3-13(11-16)9-10-21-15-7-5-14(18)6-8-15/h2-8,11-12H,9-10H2,1H3,(H2,19,20)/t12-/m0/s1. The van der Waals surface area contributed by atoms with E-state index < -0.39 is 12.0 Å². The summed E-state index contributed by atoms with van der Waals surface area (Å²) in [7, 11) is 0. The number of primary amides is 1. The number of carbonyl (C=O) groups is 1. The van der Waals surface area contributed by atoms with Gasteiger partial charge in [0.05, 0.1) is 6.61 Å². The molecule has 0 aliphatic carbocycles. The molecule has 0 aliphatic heterocycles. The molecule has 0 aliphatic rings. The van der Waals surface area contributed by atoms with E-state index in [1.807, 2.05) is 18.2 Å². The molecule has 0 saturated carbocycles. The predicted molar refractivity (Wildman–Crippen MR) is 81.3 cm³/mol. The first-order valence-electron chi connectivity index (χ1n) is 6.98. The molecule has 0 fully saturated rings. The highest BCUT2D eigenvalue weighted by Gasteiger charge is 2.10. The van der Waals surface area contributed by atoms with Gasteiger partial charge in [0.15, 0.2) is 6.10 Å². The van der Waals surface area contributed by atoms with E-state index in [-0.39, 0.29) is 5.82 Å². The van der Waals surface area contributed by atoms with Gasteiger partial charge in [-0.05, 0) is 48.9 Å². The zero-order chi connectivity index (χ0) is 15.9. The Morgan fingerprint density at radius 3 is 2.59 bits per heavy atom. The Bertz CT molecular complexity index is 628. The van der Waals surface area contributed by atoms with E-state index in [1.54, 1.807) is 25.1 Å². The van der Waals surface area contributed by atoms with Gasteiger partial charge in [0.1, 0.15) is 17.3 Å². The van der Waals surface area contributed by atoms with Gasteiger partial charge in [-0.15, -0.1) is 0 Å². The lowest BCUT2D eigenvalue weighted by molar-refractivity contribution is -0.123. The minimum Gasteiger partial charge on any atom is -0.493 e. The number of hydrogen-bond donors (Lipinski definition) is 1. The summed E-state index contributed by atoms with van der Waals surface area (Å²) in [6, 6.07) is 13.3. The van der Waals surface area contributed by atoms with Crippen molar-refractivity contribution in [3.8, 4) is 11.5 Å². The number of ether oxygens (including phenoxy) is 2. The summed E-state index contributed by atoms with van der Waals surface area (Å²) in [5, 5.41) is 0. The maximum absolute atomic E-state index is 12.8. The average molecular weight is 303 g/mol. The monoisotopic (exact) mass is 303 g/mol. The normalized spacial score (nSPS) is 11.7. The number of halogens is 1. The minimum atomic E-state index is -0.675. The molecule has 1 atom stereocenters. The SMILES string of the molecule is C[C@H](Oc1cccc(CCOc2ccc(F)cc2)c1)C(N)=O. The molecule has 2 aromatic rings. The van der Waals surface area contributed by atoms with Crippen molar-refractivity contribution < 1.29 is 18.7 Å². The van der Waals surface area contributed by atoms with Crippen molar-refractivity contribution in [2.75, 3.05) is 6.61 Å². The molecule has 1 amide bonds. The molecule has 116 valence electrons. The van der Waals surface area contributed by atoms with Crippen LogP contribution in [0.4, 0.5) is 4.39 Å². The number of nitrogens with two attached hydrogens (primary N) is 1. The Hall–Kier alpha value is -2.56. The summed E-state index contributed by atoms with van der Waals surface area (Å²) in [5.41, 5.74) is 6.18. The van der Waals surface area contributed by atoms with Crippen molar-refractivity contribution >= 4 is 5.91 Å². The Kier molecular flexibility index (Phi) is 5.36. The molecular formula is C17H18FNO3. The van der Waals surface area contributed by atoms with E-state index in [9.17, 15) is 9.18 Å². The molecule has 0 radical (unpaired) electrons. The zero-order valence-electron chi connectivity index (χ0n) is 12.3. The van der Waals surface area contributed by atoms with Crippen molar-refractivity contribution in [3.05, 3.63) is 59.9 Å². The number of hydrogen-bond acceptors (Lipinski definition) is 3. The lowest BCUT2D eigenvalue weighted by Gasteiger charge is -2.12. The topological polar surface area (TPSA) is 61.6 Å². The third kappa shape index (κ3) is 4.77. The van der Waals surface area contributed by atoms with Crippen LogP contribution in [0.3, 0.4) is 0 Å². The highest BCUT2D eigenvalue weighted by Crippen LogP contribution is 2.16. The van der Waals surface area contributed by atoms with Crippen molar-refractivity contribution in [1.82, 2.24) is 0 Å². The lowest BCUT2D eigenvalue weighted by atomic mass is 10.1. The van der Waals surface area contributed by atoms with Crippen LogP contribution in [-0.4, -0.2) is 18.6 Å². The fourth-order valence-electron chi connectivity index (χ4n) is 1.85. The fourth-order valence-corrected chi connectivity index (χ4v) is 1.85. The molecule has 2 aromatic carbocycles. The molecule has 0 spiro atoms. The van der Waals surface area contributed by atoms with E-state index in [4.69, 9.17) is 15.2 Å². The second kappa shape index (κ2) is 7.45. The number of benzene rings is 2. The van der Waals surface area contributed by atoms with Gasteiger partial charge < -0.3 is 15.2 Å². The van der Waals surface area contributed by atoms with Gasteiger partial charge in [0.2, 0.25) is 0 Å². The third-order valence-electron chi connectivity index (χ3n) is 3.09. The molecular weight excluding hydrogens is 285 g/mol. The third-order valence-corrected chi connectivity index (χ3v) is 3.09. The molecule has 0 heterocycles. The lowest BCUT2D eigenvalue weighted by Crippen LogP contribution is -2.30. The molecule has 0 aromatic heterocycles. The van der Waals surface area contributed by atoms with Crippen molar-refractivity contribution in [2.24, 2.45) is 5.73 Å². The summed E-state index contributed by atoms with van der Waals surface area (Å²) in [6.45, 7) is 2.06. The van der Waals surface area contributed by atoms with Crippen LogP contribution in [0.15, 0.2) is 48.5 Å². The fraction of sp³-hybridized carbons (Fsp3) is 0.235. The Morgan fingerprint density at radius 1 is 1.18 bits per heavy atom. The van der Waals surface area contributed by atoms with E-state index in [1.165, 1.54) is 12.1 Å². The maximum atomic E-state index is 12.8. The molecule has 4 nitrogen and oxygen atoms in total. The number of carbonyl (C=O) groups excluding carboxylic acids is 1. The van der Waals surface area contributed by atoms with Crippen LogP contribution < -0.4 is 15.2 Å². The molecule has 2 N–H and O–H groups in total. The van der Waals surface area contributed by atoms with Gasteiger partial charge in [-0.1, -0.05) is 12.1 Å². The maximum Gasteiger partial charge on any atom is 0.258 e. The highest BCUT2D eigenvalue weighted by atomic mass is 19.1. The average Bonchev–Trinajstić information content (AvgIpc) is 2.49. The molecule has 2 rings (SSSR count). The van der Waals surface area contributed by atoms with Crippen LogP contribution in [0.2, 0.25) is 0 Å². The molecule has 5 heteroatoms. The van der Waals surface area contributed by atoms with E-state index in [2.05, 4.69) is 0 Å².